The molecule has 0 heterocycles. The third-order valence-corrected chi connectivity index (χ3v) is 3.34. The number of carboxylic acids is 1. The molecule has 0 saturated carbocycles. The van der Waals surface area contributed by atoms with Crippen molar-refractivity contribution in [3.05, 3.63) is 0 Å². The molecule has 0 spiro atoms. The van der Waals surface area contributed by atoms with Crippen LogP contribution in [-0.2, 0) is 9.59 Å². The highest BCUT2D eigenvalue weighted by Gasteiger charge is 2.15. The van der Waals surface area contributed by atoms with Gasteiger partial charge in [0.25, 0.3) is 0 Å². The van der Waals surface area contributed by atoms with Crippen LogP contribution in [0.15, 0.2) is 0 Å². The molecular formula is C7H12O3S2. The monoisotopic (exact) mass is 208 g/mol. The zero-order valence-corrected chi connectivity index (χ0v) is 8.70. The Morgan fingerprint density at radius 3 is 2.33 bits per heavy atom. The Hall–Kier alpha value is -0.160. The van der Waals surface area contributed by atoms with Crippen molar-refractivity contribution in [3.8, 4) is 0 Å². The van der Waals surface area contributed by atoms with E-state index in [0.717, 1.165) is 0 Å². The fraction of sp³-hybridized carbons (Fsp3) is 0.714. The second kappa shape index (κ2) is 6.37. The first-order chi connectivity index (χ1) is 5.56. The van der Waals surface area contributed by atoms with E-state index in [4.69, 9.17) is 5.11 Å². The van der Waals surface area contributed by atoms with Gasteiger partial charge in [-0.15, -0.1) is 0 Å². The minimum absolute atomic E-state index is 0.0443. The number of hydrogen-bond donors (Lipinski definition) is 1. The Labute approximate surface area is 79.7 Å². The molecule has 0 aromatic rings. The smallest absolute Gasteiger partial charge is 0.304 e. The molecule has 0 aliphatic carbocycles. The maximum absolute atomic E-state index is 10.7. The van der Waals surface area contributed by atoms with Crippen molar-refractivity contribution in [2.24, 2.45) is 0 Å². The van der Waals surface area contributed by atoms with E-state index in [1.54, 1.807) is 0 Å². The van der Waals surface area contributed by atoms with E-state index in [1.165, 1.54) is 28.5 Å². The van der Waals surface area contributed by atoms with Crippen LogP contribution < -0.4 is 0 Å². The summed E-state index contributed by atoms with van der Waals surface area (Å²) in [6.45, 7) is 1.48. The zero-order valence-electron chi connectivity index (χ0n) is 7.07. The summed E-state index contributed by atoms with van der Waals surface area (Å²) in [7, 11) is 2.94. The van der Waals surface area contributed by atoms with Gasteiger partial charge in [-0.1, -0.05) is 21.6 Å². The highest BCUT2D eigenvalue weighted by molar-refractivity contribution is 8.76. The van der Waals surface area contributed by atoms with Gasteiger partial charge in [-0.05, 0) is 13.2 Å². The summed E-state index contributed by atoms with van der Waals surface area (Å²) >= 11 is 0. The van der Waals surface area contributed by atoms with Crippen molar-refractivity contribution in [1.29, 1.82) is 0 Å². The summed E-state index contributed by atoms with van der Waals surface area (Å²) in [6, 6.07) is 0. The van der Waals surface area contributed by atoms with Crippen LogP contribution in [0.1, 0.15) is 19.8 Å². The van der Waals surface area contributed by atoms with Crippen LogP contribution in [0, 0.1) is 0 Å². The SMILES string of the molecule is CSSC(CC(C)=O)CC(=O)O. The average Bonchev–Trinajstić information content (AvgIpc) is 1.84. The van der Waals surface area contributed by atoms with Crippen molar-refractivity contribution < 1.29 is 14.7 Å². The molecule has 12 heavy (non-hydrogen) atoms. The molecule has 5 heteroatoms. The van der Waals surface area contributed by atoms with E-state index >= 15 is 0 Å². The Morgan fingerprint density at radius 1 is 1.42 bits per heavy atom. The number of carboxylic acid groups (broad SMARTS) is 1. The fourth-order valence-corrected chi connectivity index (χ4v) is 2.80. The number of rotatable bonds is 6. The Morgan fingerprint density at radius 2 is 2.00 bits per heavy atom. The van der Waals surface area contributed by atoms with Crippen molar-refractivity contribution in [2.75, 3.05) is 6.26 Å². The van der Waals surface area contributed by atoms with E-state index in [2.05, 4.69) is 0 Å². The van der Waals surface area contributed by atoms with Crippen LogP contribution in [0.25, 0.3) is 0 Å². The van der Waals surface area contributed by atoms with Gasteiger partial charge < -0.3 is 5.11 Å². The summed E-state index contributed by atoms with van der Waals surface area (Å²) in [5.41, 5.74) is 0. The highest BCUT2D eigenvalue weighted by atomic mass is 33.1. The van der Waals surface area contributed by atoms with Crippen LogP contribution in [0.2, 0.25) is 0 Å². The number of aliphatic carboxylic acids is 1. The number of hydrogen-bond acceptors (Lipinski definition) is 4. The molecule has 0 aliphatic heterocycles. The van der Waals surface area contributed by atoms with Crippen LogP contribution in [-0.4, -0.2) is 28.4 Å². The summed E-state index contributed by atoms with van der Waals surface area (Å²) in [5.74, 6) is -0.800. The maximum atomic E-state index is 10.7. The van der Waals surface area contributed by atoms with Crippen molar-refractivity contribution in [3.63, 3.8) is 0 Å². The number of carbonyl (C=O) groups is 2. The molecular weight excluding hydrogens is 196 g/mol. The van der Waals surface area contributed by atoms with Gasteiger partial charge in [-0.3, -0.25) is 9.59 Å². The number of carbonyl (C=O) groups excluding carboxylic acids is 1. The Bertz CT molecular complexity index is 154. The molecule has 0 saturated heterocycles. The average molecular weight is 208 g/mol. The third-order valence-electron chi connectivity index (χ3n) is 1.15. The third kappa shape index (κ3) is 6.54. The molecule has 0 radical (unpaired) electrons. The quantitative estimate of drug-likeness (QED) is 0.675. The molecule has 0 bridgehead atoms. The molecule has 0 fully saturated rings. The van der Waals surface area contributed by atoms with Gasteiger partial charge in [-0.2, -0.15) is 0 Å². The molecule has 0 amide bonds. The molecule has 3 nitrogen and oxygen atoms in total. The summed E-state index contributed by atoms with van der Waals surface area (Å²) in [4.78, 5) is 21.0. The lowest BCUT2D eigenvalue weighted by Gasteiger charge is -2.09. The van der Waals surface area contributed by atoms with Crippen LogP contribution >= 0.6 is 21.6 Å². The lowest BCUT2D eigenvalue weighted by Crippen LogP contribution is -2.12. The summed E-state index contributed by atoms with van der Waals surface area (Å²) in [6.07, 6.45) is 2.28. The van der Waals surface area contributed by atoms with Crippen molar-refractivity contribution in [2.45, 2.75) is 25.0 Å². The number of Topliss-reactive ketones (excluding diaryl/α,β-unsaturated/α-hetero) is 1. The first-order valence-electron chi connectivity index (χ1n) is 3.47. The van der Waals surface area contributed by atoms with E-state index in [0.29, 0.717) is 6.42 Å². The minimum Gasteiger partial charge on any atom is -0.481 e. The predicted octanol–water partition coefficient (Wildman–Crippen LogP) is 1.82. The molecule has 1 N–H and O–H groups in total. The molecule has 0 aromatic heterocycles. The Kier molecular flexibility index (Phi) is 6.28. The van der Waals surface area contributed by atoms with Gasteiger partial charge in [0.1, 0.15) is 5.78 Å². The van der Waals surface area contributed by atoms with E-state index < -0.39 is 5.97 Å². The molecule has 1 atom stereocenters. The van der Waals surface area contributed by atoms with Crippen molar-refractivity contribution >= 4 is 33.3 Å². The second-order valence-electron chi connectivity index (χ2n) is 2.39. The van der Waals surface area contributed by atoms with Gasteiger partial charge >= 0.3 is 5.97 Å². The fourth-order valence-electron chi connectivity index (χ4n) is 0.792. The van der Waals surface area contributed by atoms with Gasteiger partial charge in [0, 0.05) is 11.7 Å². The lowest BCUT2D eigenvalue weighted by atomic mass is 10.2. The molecule has 0 aliphatic rings. The van der Waals surface area contributed by atoms with Crippen molar-refractivity contribution in [1.82, 2.24) is 0 Å². The van der Waals surface area contributed by atoms with Gasteiger partial charge in [0.2, 0.25) is 0 Å². The van der Waals surface area contributed by atoms with Crippen LogP contribution in [0.4, 0.5) is 0 Å². The molecule has 0 aromatic carbocycles. The normalized spacial score (nSPS) is 12.5. The van der Waals surface area contributed by atoms with Gasteiger partial charge in [0.15, 0.2) is 0 Å². The number of ketones is 1. The van der Waals surface area contributed by atoms with Crippen LogP contribution in [0.5, 0.6) is 0 Å². The standard InChI is InChI=1S/C7H12O3S2/c1-5(8)3-6(12-11-2)4-7(9)10/h6H,3-4H2,1-2H3,(H,9,10). The van der Waals surface area contributed by atoms with Gasteiger partial charge in [0.05, 0.1) is 6.42 Å². The topological polar surface area (TPSA) is 54.4 Å². The predicted molar refractivity (Wildman–Crippen MR) is 52.4 cm³/mol. The van der Waals surface area contributed by atoms with E-state index in [1.807, 2.05) is 6.26 Å². The largest absolute Gasteiger partial charge is 0.481 e. The molecule has 70 valence electrons. The molecule has 0 rings (SSSR count). The second-order valence-corrected chi connectivity index (χ2v) is 5.16. The first-order valence-corrected chi connectivity index (χ1v) is 6.09. The summed E-state index contributed by atoms with van der Waals surface area (Å²) in [5, 5.41) is 8.40. The molecule has 1 unspecified atom stereocenters. The van der Waals surface area contributed by atoms with Crippen LogP contribution in [0.3, 0.4) is 0 Å². The van der Waals surface area contributed by atoms with Gasteiger partial charge in [-0.25, -0.2) is 0 Å². The van der Waals surface area contributed by atoms with E-state index in [9.17, 15) is 9.59 Å². The minimum atomic E-state index is -0.845. The Balaban J connectivity index is 3.85. The maximum Gasteiger partial charge on any atom is 0.304 e. The lowest BCUT2D eigenvalue weighted by molar-refractivity contribution is -0.137. The summed E-state index contributed by atoms with van der Waals surface area (Å²) < 4.78 is 0. The first kappa shape index (κ1) is 11.8. The highest BCUT2D eigenvalue weighted by Crippen LogP contribution is 2.28. The van der Waals surface area contributed by atoms with E-state index in [-0.39, 0.29) is 17.5 Å². The zero-order chi connectivity index (χ0) is 9.56.